The van der Waals surface area contributed by atoms with E-state index < -0.39 is 0 Å². The number of benzene rings is 1. The summed E-state index contributed by atoms with van der Waals surface area (Å²) in [5.74, 6) is 1.37. The SMILES string of the molecule is CCOCCCN=C(N)NCCc1cccc(OC)c1.I. The molecule has 6 heteroatoms. The molecule has 0 unspecified atom stereocenters. The number of guanidine groups is 1. The van der Waals surface area contributed by atoms with Crippen molar-refractivity contribution in [2.45, 2.75) is 19.8 Å². The molecule has 0 bridgehead atoms. The molecule has 0 saturated carbocycles. The van der Waals surface area contributed by atoms with E-state index >= 15 is 0 Å². The van der Waals surface area contributed by atoms with E-state index in [-0.39, 0.29) is 24.0 Å². The Kier molecular flexibility index (Phi) is 12.1. The fourth-order valence-corrected chi connectivity index (χ4v) is 1.73. The van der Waals surface area contributed by atoms with Crippen LogP contribution in [0.2, 0.25) is 0 Å². The van der Waals surface area contributed by atoms with Crippen molar-refractivity contribution in [2.24, 2.45) is 10.7 Å². The van der Waals surface area contributed by atoms with Crippen LogP contribution in [0.1, 0.15) is 18.9 Å². The average Bonchev–Trinajstić information content (AvgIpc) is 2.47. The number of halogens is 1. The van der Waals surface area contributed by atoms with Crippen LogP contribution in [0.5, 0.6) is 5.75 Å². The molecule has 21 heavy (non-hydrogen) atoms. The zero-order valence-electron chi connectivity index (χ0n) is 12.8. The predicted molar refractivity (Wildman–Crippen MR) is 97.7 cm³/mol. The molecule has 1 aromatic rings. The lowest BCUT2D eigenvalue weighted by Gasteiger charge is -2.07. The van der Waals surface area contributed by atoms with E-state index in [1.807, 2.05) is 25.1 Å². The van der Waals surface area contributed by atoms with Crippen molar-refractivity contribution in [2.75, 3.05) is 33.4 Å². The number of rotatable bonds is 9. The van der Waals surface area contributed by atoms with E-state index in [4.69, 9.17) is 15.2 Å². The molecule has 0 aliphatic carbocycles. The van der Waals surface area contributed by atoms with E-state index in [0.29, 0.717) is 12.5 Å². The van der Waals surface area contributed by atoms with E-state index in [0.717, 1.165) is 38.3 Å². The Morgan fingerprint density at radius 3 is 2.90 bits per heavy atom. The Bertz CT molecular complexity index is 414. The third kappa shape index (κ3) is 9.52. The third-order valence-electron chi connectivity index (χ3n) is 2.79. The third-order valence-corrected chi connectivity index (χ3v) is 2.79. The molecule has 0 aliphatic rings. The van der Waals surface area contributed by atoms with E-state index in [9.17, 15) is 0 Å². The molecule has 3 N–H and O–H groups in total. The van der Waals surface area contributed by atoms with Gasteiger partial charge in [0.05, 0.1) is 7.11 Å². The van der Waals surface area contributed by atoms with Crippen molar-refractivity contribution in [3.8, 4) is 5.75 Å². The van der Waals surface area contributed by atoms with Crippen molar-refractivity contribution in [3.63, 3.8) is 0 Å². The first kappa shape index (κ1) is 20.0. The van der Waals surface area contributed by atoms with Crippen LogP contribution in [0.3, 0.4) is 0 Å². The molecule has 0 radical (unpaired) electrons. The van der Waals surface area contributed by atoms with Gasteiger partial charge in [-0.2, -0.15) is 0 Å². The molecular formula is C15H26IN3O2. The number of hydrogen-bond acceptors (Lipinski definition) is 3. The summed E-state index contributed by atoms with van der Waals surface area (Å²) >= 11 is 0. The van der Waals surface area contributed by atoms with Crippen LogP contribution in [0.25, 0.3) is 0 Å². The van der Waals surface area contributed by atoms with Gasteiger partial charge in [0, 0.05) is 26.3 Å². The summed E-state index contributed by atoms with van der Waals surface area (Å²) in [5.41, 5.74) is 6.99. The highest BCUT2D eigenvalue weighted by Crippen LogP contribution is 2.12. The predicted octanol–water partition coefficient (Wildman–Crippen LogP) is 2.19. The zero-order valence-corrected chi connectivity index (χ0v) is 15.1. The van der Waals surface area contributed by atoms with Gasteiger partial charge in [-0.05, 0) is 37.5 Å². The number of nitrogens with two attached hydrogens (primary N) is 1. The highest BCUT2D eigenvalue weighted by atomic mass is 127. The molecule has 0 fully saturated rings. The van der Waals surface area contributed by atoms with Gasteiger partial charge in [0.2, 0.25) is 0 Å². The number of nitrogens with one attached hydrogen (secondary N) is 1. The van der Waals surface area contributed by atoms with Crippen LogP contribution in [-0.2, 0) is 11.2 Å². The van der Waals surface area contributed by atoms with Crippen molar-refractivity contribution in [3.05, 3.63) is 29.8 Å². The Labute approximate surface area is 144 Å². The molecule has 0 heterocycles. The van der Waals surface area contributed by atoms with Gasteiger partial charge in [-0.25, -0.2) is 0 Å². The topological polar surface area (TPSA) is 68.9 Å². The molecule has 0 aliphatic heterocycles. The van der Waals surface area contributed by atoms with Crippen molar-refractivity contribution in [1.29, 1.82) is 0 Å². The highest BCUT2D eigenvalue weighted by Gasteiger charge is 1.97. The molecule has 1 aromatic carbocycles. The summed E-state index contributed by atoms with van der Waals surface area (Å²) < 4.78 is 10.4. The minimum atomic E-state index is 0. The first-order valence-electron chi connectivity index (χ1n) is 7.00. The van der Waals surface area contributed by atoms with Gasteiger partial charge in [-0.15, -0.1) is 24.0 Å². The molecule has 0 saturated heterocycles. The molecule has 1 rings (SSSR count). The molecule has 0 atom stereocenters. The number of hydrogen-bond donors (Lipinski definition) is 2. The molecule has 5 nitrogen and oxygen atoms in total. The van der Waals surface area contributed by atoms with Crippen molar-refractivity contribution >= 4 is 29.9 Å². The lowest BCUT2D eigenvalue weighted by molar-refractivity contribution is 0.146. The summed E-state index contributed by atoms with van der Waals surface area (Å²) in [7, 11) is 1.67. The van der Waals surface area contributed by atoms with Crippen LogP contribution in [0, 0.1) is 0 Å². The lowest BCUT2D eigenvalue weighted by Crippen LogP contribution is -2.33. The van der Waals surface area contributed by atoms with Gasteiger partial charge in [0.15, 0.2) is 5.96 Å². The van der Waals surface area contributed by atoms with Crippen molar-refractivity contribution < 1.29 is 9.47 Å². The smallest absolute Gasteiger partial charge is 0.188 e. The monoisotopic (exact) mass is 407 g/mol. The average molecular weight is 407 g/mol. The maximum absolute atomic E-state index is 5.78. The van der Waals surface area contributed by atoms with Crippen LogP contribution >= 0.6 is 24.0 Å². The summed E-state index contributed by atoms with van der Waals surface area (Å²) in [6, 6.07) is 8.02. The fraction of sp³-hybridized carbons (Fsp3) is 0.533. The first-order chi connectivity index (χ1) is 9.76. The minimum Gasteiger partial charge on any atom is -0.497 e. The number of methoxy groups -OCH3 is 1. The van der Waals surface area contributed by atoms with Crippen LogP contribution < -0.4 is 15.8 Å². The zero-order chi connectivity index (χ0) is 14.6. The number of ether oxygens (including phenoxy) is 2. The molecule has 0 aromatic heterocycles. The van der Waals surface area contributed by atoms with Gasteiger partial charge in [-0.1, -0.05) is 12.1 Å². The standard InChI is InChI=1S/C15H25N3O2.HI/c1-3-20-11-5-9-17-15(16)18-10-8-13-6-4-7-14(12-13)19-2;/h4,6-7,12H,3,5,8-11H2,1-2H3,(H3,16,17,18);1H. The van der Waals surface area contributed by atoms with Gasteiger partial charge in [0.25, 0.3) is 0 Å². The summed E-state index contributed by atoms with van der Waals surface area (Å²) in [6.07, 6.45) is 1.78. The molecule has 120 valence electrons. The molecule has 0 spiro atoms. The normalized spacial score (nSPS) is 10.9. The Morgan fingerprint density at radius 1 is 1.38 bits per heavy atom. The number of aliphatic imine (C=N–C) groups is 1. The largest absolute Gasteiger partial charge is 0.497 e. The molecular weight excluding hydrogens is 381 g/mol. The van der Waals surface area contributed by atoms with Crippen molar-refractivity contribution in [1.82, 2.24) is 5.32 Å². The van der Waals surface area contributed by atoms with E-state index in [1.165, 1.54) is 5.56 Å². The minimum absolute atomic E-state index is 0. The molecule has 0 amide bonds. The Balaban J connectivity index is 0.00000400. The quantitative estimate of drug-likeness (QED) is 0.285. The fourth-order valence-electron chi connectivity index (χ4n) is 1.73. The Hall–Kier alpha value is -1.02. The Morgan fingerprint density at radius 2 is 2.19 bits per heavy atom. The van der Waals surface area contributed by atoms with Gasteiger partial charge < -0.3 is 20.5 Å². The van der Waals surface area contributed by atoms with Gasteiger partial charge in [-0.3, -0.25) is 4.99 Å². The summed E-state index contributed by atoms with van der Waals surface area (Å²) in [5, 5.41) is 3.11. The second kappa shape index (κ2) is 12.7. The van der Waals surface area contributed by atoms with Crippen LogP contribution in [-0.4, -0.2) is 39.4 Å². The second-order valence-electron chi connectivity index (χ2n) is 4.35. The number of nitrogens with zero attached hydrogens (tertiary/aromatic N) is 1. The second-order valence-corrected chi connectivity index (χ2v) is 4.35. The van der Waals surface area contributed by atoms with Crippen LogP contribution in [0.4, 0.5) is 0 Å². The maximum Gasteiger partial charge on any atom is 0.188 e. The highest BCUT2D eigenvalue weighted by molar-refractivity contribution is 14.0. The summed E-state index contributed by atoms with van der Waals surface area (Å²) in [4.78, 5) is 4.24. The lowest BCUT2D eigenvalue weighted by atomic mass is 10.1. The maximum atomic E-state index is 5.78. The van der Waals surface area contributed by atoms with Gasteiger partial charge >= 0.3 is 0 Å². The van der Waals surface area contributed by atoms with Crippen LogP contribution in [0.15, 0.2) is 29.3 Å². The summed E-state index contributed by atoms with van der Waals surface area (Å²) in [6.45, 7) is 4.92. The van der Waals surface area contributed by atoms with E-state index in [2.05, 4.69) is 16.4 Å². The van der Waals surface area contributed by atoms with E-state index in [1.54, 1.807) is 7.11 Å². The first-order valence-corrected chi connectivity index (χ1v) is 7.00. The van der Waals surface area contributed by atoms with Gasteiger partial charge in [0.1, 0.15) is 5.75 Å².